The van der Waals surface area contributed by atoms with Gasteiger partial charge in [0.1, 0.15) is 5.75 Å². The lowest BCUT2D eigenvalue weighted by molar-refractivity contribution is -0.136. The Kier molecular flexibility index (Phi) is 6.55. The molecule has 0 fully saturated rings. The summed E-state index contributed by atoms with van der Waals surface area (Å²) < 4.78 is 7.31. The molecule has 2 aromatic carbocycles. The first-order valence-electron chi connectivity index (χ1n) is 9.85. The van der Waals surface area contributed by atoms with Gasteiger partial charge in [-0.2, -0.15) is 5.10 Å². The van der Waals surface area contributed by atoms with Crippen molar-refractivity contribution < 1.29 is 14.3 Å². The summed E-state index contributed by atoms with van der Waals surface area (Å²) in [4.78, 5) is 24.3. The van der Waals surface area contributed by atoms with Crippen LogP contribution in [-0.2, 0) is 9.59 Å². The minimum atomic E-state index is -0.870. The molecule has 0 aliphatic rings. The maximum atomic E-state index is 12.1. The molecule has 0 saturated heterocycles. The number of amides is 2. The topological polar surface area (TPSA) is 84.7 Å². The fourth-order valence-electron chi connectivity index (χ4n) is 3.48. The lowest BCUT2D eigenvalue weighted by Gasteiger charge is -2.13. The third kappa shape index (κ3) is 4.83. The fourth-order valence-corrected chi connectivity index (χ4v) is 3.48. The number of nitrogens with one attached hydrogen (secondary N) is 2. The lowest BCUT2D eigenvalue weighted by Crippen LogP contribution is -2.32. The molecule has 0 spiro atoms. The normalized spacial score (nSPS) is 10.9. The van der Waals surface area contributed by atoms with Crippen molar-refractivity contribution in [3.63, 3.8) is 0 Å². The fraction of sp³-hybridized carbons (Fsp3) is 0.208. The predicted molar refractivity (Wildman–Crippen MR) is 122 cm³/mol. The Hall–Kier alpha value is -3.87. The molecule has 0 bridgehead atoms. The number of rotatable bonds is 5. The van der Waals surface area contributed by atoms with Crippen LogP contribution in [0, 0.1) is 27.7 Å². The minimum Gasteiger partial charge on any atom is -0.495 e. The highest BCUT2D eigenvalue weighted by atomic mass is 16.5. The van der Waals surface area contributed by atoms with Gasteiger partial charge in [0.15, 0.2) is 0 Å². The van der Waals surface area contributed by atoms with Crippen LogP contribution in [0.4, 0.5) is 5.69 Å². The number of para-hydroxylation sites is 2. The van der Waals surface area contributed by atoms with E-state index in [9.17, 15) is 9.59 Å². The molecule has 1 heterocycles. The van der Waals surface area contributed by atoms with E-state index in [1.165, 1.54) is 24.5 Å². The molecule has 0 aliphatic heterocycles. The Balaban J connectivity index is 1.71. The summed E-state index contributed by atoms with van der Waals surface area (Å²) in [6.45, 7) is 8.15. The highest BCUT2D eigenvalue weighted by Gasteiger charge is 2.15. The summed E-state index contributed by atoms with van der Waals surface area (Å²) in [6.07, 6.45) is 1.54. The van der Waals surface area contributed by atoms with Crippen LogP contribution in [0.3, 0.4) is 0 Å². The molecule has 0 unspecified atom stereocenters. The molecule has 0 atom stereocenters. The quantitative estimate of drug-likeness (QED) is 0.375. The number of aromatic nitrogens is 1. The van der Waals surface area contributed by atoms with Gasteiger partial charge in [-0.1, -0.05) is 29.8 Å². The molecule has 0 radical (unpaired) electrons. The van der Waals surface area contributed by atoms with Crippen LogP contribution >= 0.6 is 0 Å². The number of hydrogen-bond acceptors (Lipinski definition) is 4. The second-order valence-corrected chi connectivity index (χ2v) is 7.31. The van der Waals surface area contributed by atoms with Gasteiger partial charge in [0, 0.05) is 22.6 Å². The first kappa shape index (κ1) is 21.8. The van der Waals surface area contributed by atoms with E-state index in [0.29, 0.717) is 11.4 Å². The standard InChI is InChI=1S/C24H26N4O3/c1-15-10-11-21(16(2)12-15)28-17(3)13-19(18(28)4)14-25-27-24(30)23(29)26-20-8-6-7-9-22(20)31-5/h6-14H,1-5H3,(H,26,29)(H,27,30)/b25-14-. The van der Waals surface area contributed by atoms with Gasteiger partial charge in [0.2, 0.25) is 0 Å². The van der Waals surface area contributed by atoms with Crippen molar-refractivity contribution in [3.8, 4) is 11.4 Å². The zero-order chi connectivity index (χ0) is 22.5. The molecule has 160 valence electrons. The second kappa shape index (κ2) is 9.30. The summed E-state index contributed by atoms with van der Waals surface area (Å²) in [6, 6.07) is 15.1. The molecule has 1 aromatic heterocycles. The first-order valence-corrected chi connectivity index (χ1v) is 9.85. The van der Waals surface area contributed by atoms with Crippen LogP contribution in [0.1, 0.15) is 28.1 Å². The SMILES string of the molecule is COc1ccccc1NC(=O)C(=O)N/N=C\c1cc(C)n(-c2ccc(C)cc2C)c1C. The van der Waals surface area contributed by atoms with Gasteiger partial charge >= 0.3 is 11.8 Å². The average molecular weight is 418 g/mol. The molecular weight excluding hydrogens is 392 g/mol. The van der Waals surface area contributed by atoms with Gasteiger partial charge in [0.05, 0.1) is 19.0 Å². The largest absolute Gasteiger partial charge is 0.495 e. The lowest BCUT2D eigenvalue weighted by atomic mass is 10.1. The van der Waals surface area contributed by atoms with E-state index >= 15 is 0 Å². The average Bonchev–Trinajstić information content (AvgIpc) is 3.01. The molecule has 3 rings (SSSR count). The first-order chi connectivity index (χ1) is 14.8. The molecule has 7 nitrogen and oxygen atoms in total. The molecular formula is C24H26N4O3. The Bertz CT molecular complexity index is 1160. The second-order valence-electron chi connectivity index (χ2n) is 7.31. The van der Waals surface area contributed by atoms with Gasteiger partial charge in [-0.3, -0.25) is 9.59 Å². The van der Waals surface area contributed by atoms with Gasteiger partial charge in [0.25, 0.3) is 0 Å². The van der Waals surface area contributed by atoms with E-state index in [2.05, 4.69) is 52.5 Å². The third-order valence-corrected chi connectivity index (χ3v) is 4.99. The van der Waals surface area contributed by atoms with Crippen LogP contribution in [0.15, 0.2) is 53.6 Å². The van der Waals surface area contributed by atoms with Gasteiger partial charge < -0.3 is 14.6 Å². The van der Waals surface area contributed by atoms with Crippen molar-refractivity contribution in [2.45, 2.75) is 27.7 Å². The summed E-state index contributed by atoms with van der Waals surface area (Å²) in [7, 11) is 1.49. The molecule has 7 heteroatoms. The highest BCUT2D eigenvalue weighted by Crippen LogP contribution is 2.24. The number of nitrogens with zero attached hydrogens (tertiary/aromatic N) is 2. The number of benzene rings is 2. The van der Waals surface area contributed by atoms with Crippen molar-refractivity contribution in [3.05, 3.63) is 76.6 Å². The van der Waals surface area contributed by atoms with E-state index in [0.717, 1.165) is 22.6 Å². The molecule has 0 aliphatic carbocycles. The number of anilines is 1. The van der Waals surface area contributed by atoms with Crippen molar-refractivity contribution in [2.24, 2.45) is 5.10 Å². The number of carbonyl (C=O) groups is 2. The number of methoxy groups -OCH3 is 1. The molecule has 2 amide bonds. The minimum absolute atomic E-state index is 0.408. The number of hydrazone groups is 1. The third-order valence-electron chi connectivity index (χ3n) is 4.99. The van der Waals surface area contributed by atoms with Crippen LogP contribution in [0.25, 0.3) is 5.69 Å². The zero-order valence-corrected chi connectivity index (χ0v) is 18.3. The Labute approximate surface area is 181 Å². The van der Waals surface area contributed by atoms with E-state index < -0.39 is 11.8 Å². The highest BCUT2D eigenvalue weighted by molar-refractivity contribution is 6.39. The van der Waals surface area contributed by atoms with Crippen molar-refractivity contribution in [1.29, 1.82) is 0 Å². The van der Waals surface area contributed by atoms with E-state index in [4.69, 9.17) is 4.74 Å². The van der Waals surface area contributed by atoms with Crippen LogP contribution < -0.4 is 15.5 Å². The Morgan fingerprint density at radius 2 is 1.74 bits per heavy atom. The molecule has 2 N–H and O–H groups in total. The predicted octanol–water partition coefficient (Wildman–Crippen LogP) is 3.81. The molecule has 31 heavy (non-hydrogen) atoms. The van der Waals surface area contributed by atoms with E-state index in [1.807, 2.05) is 19.9 Å². The number of hydrogen-bond donors (Lipinski definition) is 2. The Morgan fingerprint density at radius 3 is 2.45 bits per heavy atom. The summed E-state index contributed by atoms with van der Waals surface area (Å²) >= 11 is 0. The van der Waals surface area contributed by atoms with Crippen molar-refractivity contribution in [1.82, 2.24) is 9.99 Å². The monoisotopic (exact) mass is 418 g/mol. The summed E-state index contributed by atoms with van der Waals surface area (Å²) in [5, 5.41) is 6.48. The van der Waals surface area contributed by atoms with Crippen molar-refractivity contribution in [2.75, 3.05) is 12.4 Å². The van der Waals surface area contributed by atoms with Crippen LogP contribution in [-0.4, -0.2) is 29.7 Å². The van der Waals surface area contributed by atoms with Gasteiger partial charge in [-0.05, 0) is 57.5 Å². The number of carbonyl (C=O) groups excluding carboxylic acids is 2. The Morgan fingerprint density at radius 1 is 1.00 bits per heavy atom. The van der Waals surface area contributed by atoms with Crippen LogP contribution in [0.2, 0.25) is 0 Å². The zero-order valence-electron chi connectivity index (χ0n) is 18.3. The smallest absolute Gasteiger partial charge is 0.329 e. The molecule has 0 saturated carbocycles. The van der Waals surface area contributed by atoms with E-state index in [-0.39, 0.29) is 0 Å². The number of ether oxygens (including phenoxy) is 1. The maximum Gasteiger partial charge on any atom is 0.329 e. The van der Waals surface area contributed by atoms with Crippen molar-refractivity contribution >= 4 is 23.7 Å². The summed E-state index contributed by atoms with van der Waals surface area (Å²) in [5.41, 5.74) is 9.04. The number of aryl methyl sites for hydroxylation is 3. The van der Waals surface area contributed by atoms with E-state index in [1.54, 1.807) is 24.3 Å². The maximum absolute atomic E-state index is 12.1. The molecule has 3 aromatic rings. The van der Waals surface area contributed by atoms with Gasteiger partial charge in [-0.25, -0.2) is 5.43 Å². The summed E-state index contributed by atoms with van der Waals surface area (Å²) in [5.74, 6) is -1.24. The van der Waals surface area contributed by atoms with Gasteiger partial charge in [-0.15, -0.1) is 0 Å². The van der Waals surface area contributed by atoms with Crippen LogP contribution in [0.5, 0.6) is 5.75 Å².